The predicted molar refractivity (Wildman–Crippen MR) is 103 cm³/mol. The molecule has 0 spiro atoms. The van der Waals surface area contributed by atoms with Crippen LogP contribution in [0.3, 0.4) is 0 Å². The largest absolute Gasteiger partial charge is 0.294 e. The molecule has 0 amide bonds. The highest BCUT2D eigenvalue weighted by Crippen LogP contribution is 2.26. The maximum atomic E-state index is 11.0. The summed E-state index contributed by atoms with van der Waals surface area (Å²) in [5, 5.41) is 37.0. The number of hydrazone groups is 1. The molecule has 0 atom stereocenters. The number of nitriles is 1. The summed E-state index contributed by atoms with van der Waals surface area (Å²) >= 11 is 1.16. The summed E-state index contributed by atoms with van der Waals surface area (Å²) in [4.78, 5) is 25.0. The van der Waals surface area contributed by atoms with Crippen molar-refractivity contribution in [1.82, 2.24) is 4.98 Å². The Hall–Kier alpha value is -4.17. The normalized spacial score (nSPS) is 10.9. The van der Waals surface area contributed by atoms with Crippen molar-refractivity contribution < 1.29 is 9.85 Å². The first-order valence-electron chi connectivity index (χ1n) is 7.67. The zero-order valence-electron chi connectivity index (χ0n) is 14.0. The second-order valence-electron chi connectivity index (χ2n) is 5.30. The number of para-hydroxylation sites is 2. The van der Waals surface area contributed by atoms with Crippen LogP contribution in [0.15, 0.2) is 59.0 Å². The number of aromatic nitrogens is 1. The summed E-state index contributed by atoms with van der Waals surface area (Å²) in [7, 11) is 0. The third kappa shape index (κ3) is 3.97. The number of anilines is 1. The minimum atomic E-state index is -0.556. The molecule has 0 aliphatic rings. The van der Waals surface area contributed by atoms with Gasteiger partial charge in [-0.05, 0) is 18.2 Å². The van der Waals surface area contributed by atoms with E-state index in [1.165, 1.54) is 30.3 Å². The third-order valence-electron chi connectivity index (χ3n) is 3.58. The molecular weight excluding hydrogens is 384 g/mol. The molecule has 11 heteroatoms. The lowest BCUT2D eigenvalue weighted by atomic mass is 10.1. The maximum absolute atomic E-state index is 11.0. The number of rotatable bonds is 6. The molecule has 0 aliphatic carbocycles. The number of hydrogen-bond acceptors (Lipinski definition) is 9. The molecule has 138 valence electrons. The van der Waals surface area contributed by atoms with Crippen molar-refractivity contribution >= 4 is 34.1 Å². The van der Waals surface area contributed by atoms with E-state index in [0.29, 0.717) is 16.3 Å². The van der Waals surface area contributed by atoms with Crippen molar-refractivity contribution in [3.63, 3.8) is 0 Å². The molecule has 0 bridgehead atoms. The minimum absolute atomic E-state index is 0.0351. The molecule has 3 aromatic rings. The van der Waals surface area contributed by atoms with Crippen LogP contribution in [0.1, 0.15) is 5.01 Å². The highest BCUT2D eigenvalue weighted by Gasteiger charge is 2.14. The lowest BCUT2D eigenvalue weighted by Crippen LogP contribution is -2.03. The van der Waals surface area contributed by atoms with Crippen LogP contribution >= 0.6 is 11.3 Å². The molecule has 0 radical (unpaired) electrons. The second-order valence-corrected chi connectivity index (χ2v) is 6.16. The lowest BCUT2D eigenvalue weighted by molar-refractivity contribution is -0.384. The highest BCUT2D eigenvalue weighted by atomic mass is 32.1. The van der Waals surface area contributed by atoms with Crippen LogP contribution in [0.4, 0.5) is 17.1 Å². The monoisotopic (exact) mass is 394 g/mol. The Morgan fingerprint density at radius 3 is 2.46 bits per heavy atom. The molecule has 10 nitrogen and oxygen atoms in total. The first-order valence-corrected chi connectivity index (χ1v) is 8.55. The standard InChI is InChI=1S/C17H10N6O4S/c18-9-14(21-20-13-3-1-2-4-16(13)23(26)27)17-19-15(10-28-17)11-5-7-12(8-6-11)22(24)25/h1-8,10,20H. The fourth-order valence-corrected chi connectivity index (χ4v) is 3.00. The van der Waals surface area contributed by atoms with Crippen molar-refractivity contribution in [2.45, 2.75) is 0 Å². The van der Waals surface area contributed by atoms with E-state index in [9.17, 15) is 25.5 Å². The molecule has 0 fully saturated rings. The summed E-state index contributed by atoms with van der Waals surface area (Å²) in [6, 6.07) is 13.7. The number of benzene rings is 2. The fraction of sp³-hybridized carbons (Fsp3) is 0. The molecule has 0 unspecified atom stereocenters. The summed E-state index contributed by atoms with van der Waals surface area (Å²) in [6.07, 6.45) is 0. The summed E-state index contributed by atoms with van der Waals surface area (Å²) in [5.41, 5.74) is 3.60. The van der Waals surface area contributed by atoms with Gasteiger partial charge in [-0.3, -0.25) is 25.7 Å². The SMILES string of the molecule is N#CC(=NNc1ccccc1[N+](=O)[O-])c1nc(-c2ccc([N+](=O)[O-])cc2)cs1. The Kier molecular flexibility index (Phi) is 5.33. The van der Waals surface area contributed by atoms with E-state index in [-0.39, 0.29) is 22.8 Å². The molecule has 3 rings (SSSR count). The zero-order chi connectivity index (χ0) is 20.1. The number of non-ortho nitro benzene ring substituents is 1. The fourth-order valence-electron chi connectivity index (χ4n) is 2.23. The van der Waals surface area contributed by atoms with Crippen LogP contribution < -0.4 is 5.43 Å². The van der Waals surface area contributed by atoms with Crippen LogP contribution in [0, 0.1) is 31.6 Å². The van der Waals surface area contributed by atoms with Gasteiger partial charge in [-0.2, -0.15) is 10.4 Å². The van der Waals surface area contributed by atoms with Gasteiger partial charge in [0.05, 0.1) is 15.5 Å². The number of nitro groups is 2. The van der Waals surface area contributed by atoms with Crippen LogP contribution in [0.25, 0.3) is 11.3 Å². The average Bonchev–Trinajstić information content (AvgIpc) is 3.19. The average molecular weight is 394 g/mol. The van der Waals surface area contributed by atoms with Crippen molar-refractivity contribution in [1.29, 1.82) is 5.26 Å². The van der Waals surface area contributed by atoms with E-state index in [4.69, 9.17) is 0 Å². The lowest BCUT2D eigenvalue weighted by Gasteiger charge is -2.01. The van der Waals surface area contributed by atoms with Gasteiger partial charge < -0.3 is 0 Å². The Morgan fingerprint density at radius 2 is 1.82 bits per heavy atom. The molecule has 28 heavy (non-hydrogen) atoms. The van der Waals surface area contributed by atoms with Crippen LogP contribution in [0.2, 0.25) is 0 Å². The Bertz CT molecular complexity index is 1120. The van der Waals surface area contributed by atoms with Gasteiger partial charge in [0.15, 0.2) is 10.7 Å². The third-order valence-corrected chi connectivity index (χ3v) is 4.42. The molecule has 2 aromatic carbocycles. The predicted octanol–water partition coefficient (Wildman–Crippen LogP) is 3.97. The van der Waals surface area contributed by atoms with Gasteiger partial charge in [0, 0.05) is 29.1 Å². The van der Waals surface area contributed by atoms with Crippen LogP contribution in [0.5, 0.6) is 0 Å². The second kappa shape index (κ2) is 8.02. The minimum Gasteiger partial charge on any atom is -0.270 e. The summed E-state index contributed by atoms with van der Waals surface area (Å²) in [5.74, 6) is 0. The van der Waals surface area contributed by atoms with Gasteiger partial charge in [-0.25, -0.2) is 4.98 Å². The van der Waals surface area contributed by atoms with E-state index in [0.717, 1.165) is 11.3 Å². The molecule has 1 aromatic heterocycles. The Balaban J connectivity index is 1.84. The zero-order valence-corrected chi connectivity index (χ0v) is 14.8. The molecule has 1 N–H and O–H groups in total. The number of nitrogens with zero attached hydrogens (tertiary/aromatic N) is 5. The van der Waals surface area contributed by atoms with Crippen LogP contribution in [-0.2, 0) is 0 Å². The van der Waals surface area contributed by atoms with Crippen molar-refractivity contribution in [2.24, 2.45) is 5.10 Å². The van der Waals surface area contributed by atoms with E-state index in [1.807, 2.05) is 6.07 Å². The number of hydrogen-bond donors (Lipinski definition) is 1. The van der Waals surface area contributed by atoms with Crippen molar-refractivity contribution in [3.8, 4) is 17.3 Å². The van der Waals surface area contributed by atoms with Gasteiger partial charge in [-0.15, -0.1) is 11.3 Å². The van der Waals surface area contributed by atoms with Gasteiger partial charge >= 0.3 is 0 Å². The quantitative estimate of drug-likeness (QED) is 0.378. The van der Waals surface area contributed by atoms with E-state index >= 15 is 0 Å². The topological polar surface area (TPSA) is 147 Å². The van der Waals surface area contributed by atoms with Crippen molar-refractivity contribution in [3.05, 3.63) is 79.1 Å². The summed E-state index contributed by atoms with van der Waals surface area (Å²) in [6.45, 7) is 0. The van der Waals surface area contributed by atoms with Gasteiger partial charge in [-0.1, -0.05) is 12.1 Å². The Morgan fingerprint density at radius 1 is 1.11 bits per heavy atom. The molecule has 1 heterocycles. The van der Waals surface area contributed by atoms with Gasteiger partial charge in [0.2, 0.25) is 0 Å². The van der Waals surface area contributed by atoms with Crippen molar-refractivity contribution in [2.75, 3.05) is 5.43 Å². The van der Waals surface area contributed by atoms with Gasteiger partial charge in [0.1, 0.15) is 11.8 Å². The van der Waals surface area contributed by atoms with E-state index in [2.05, 4.69) is 15.5 Å². The number of thiazole rings is 1. The van der Waals surface area contributed by atoms with E-state index in [1.54, 1.807) is 23.6 Å². The summed E-state index contributed by atoms with van der Waals surface area (Å²) < 4.78 is 0. The molecular formula is C17H10N6O4S. The maximum Gasteiger partial charge on any atom is 0.294 e. The first kappa shape index (κ1) is 18.6. The Labute approximate surface area is 161 Å². The smallest absolute Gasteiger partial charge is 0.270 e. The first-order chi connectivity index (χ1) is 13.5. The molecule has 0 saturated carbocycles. The number of nitro benzene ring substituents is 2. The van der Waals surface area contributed by atoms with Gasteiger partial charge in [0.25, 0.3) is 11.4 Å². The molecule has 0 aliphatic heterocycles. The highest BCUT2D eigenvalue weighted by molar-refractivity contribution is 7.12. The van der Waals surface area contributed by atoms with Crippen LogP contribution in [-0.4, -0.2) is 20.5 Å². The number of nitrogens with one attached hydrogen (secondary N) is 1. The van der Waals surface area contributed by atoms with E-state index < -0.39 is 9.85 Å². The molecule has 0 saturated heterocycles.